The number of nitrogens with zero attached hydrogens (tertiary/aromatic N) is 2. The molecule has 4 amide bonds. The third-order valence-corrected chi connectivity index (χ3v) is 6.78. The number of carbonyl (C=O) groups excluding carboxylic acids is 4. The van der Waals surface area contributed by atoms with E-state index in [2.05, 4.69) is 5.32 Å². The van der Waals surface area contributed by atoms with Crippen LogP contribution >= 0.6 is 11.8 Å². The lowest BCUT2D eigenvalue weighted by molar-refractivity contribution is -0.139. The summed E-state index contributed by atoms with van der Waals surface area (Å²) in [7, 11) is 0. The van der Waals surface area contributed by atoms with E-state index in [0.717, 1.165) is 27.8 Å². The van der Waals surface area contributed by atoms with Crippen molar-refractivity contribution in [1.29, 1.82) is 0 Å². The van der Waals surface area contributed by atoms with Crippen LogP contribution in [0, 0.1) is 13.8 Å². The van der Waals surface area contributed by atoms with Gasteiger partial charge in [-0.2, -0.15) is 0 Å². The zero-order valence-electron chi connectivity index (χ0n) is 20.1. The Bertz CT molecular complexity index is 1200. The van der Waals surface area contributed by atoms with Crippen LogP contribution in [0.15, 0.2) is 47.4 Å². The number of nitrogens with one attached hydrogen (secondary N) is 1. The lowest BCUT2D eigenvalue weighted by atomic mass is 10.1. The van der Waals surface area contributed by atoms with E-state index in [4.69, 9.17) is 9.47 Å². The van der Waals surface area contributed by atoms with Gasteiger partial charge in [0.25, 0.3) is 17.1 Å². The van der Waals surface area contributed by atoms with Crippen LogP contribution in [0.5, 0.6) is 5.75 Å². The molecule has 0 bridgehead atoms. The number of aryl methyl sites for hydroxylation is 2. The van der Waals surface area contributed by atoms with Crippen LogP contribution in [0.25, 0.3) is 6.08 Å². The first-order chi connectivity index (χ1) is 17.3. The van der Waals surface area contributed by atoms with Crippen LogP contribution < -0.4 is 10.1 Å². The molecule has 0 aliphatic carbocycles. The summed E-state index contributed by atoms with van der Waals surface area (Å²) in [6, 6.07) is 12.5. The summed E-state index contributed by atoms with van der Waals surface area (Å²) >= 11 is 0.805. The average Bonchev–Trinajstić information content (AvgIpc) is 3.13. The first-order valence-corrected chi connectivity index (χ1v) is 12.3. The van der Waals surface area contributed by atoms with E-state index in [-0.39, 0.29) is 29.9 Å². The molecule has 2 saturated heterocycles. The third-order valence-electron chi connectivity index (χ3n) is 5.87. The first kappa shape index (κ1) is 25.5. The molecule has 2 aliphatic rings. The molecule has 2 aromatic rings. The number of rotatable bonds is 7. The minimum absolute atomic E-state index is 0.150. The van der Waals surface area contributed by atoms with Gasteiger partial charge in [-0.3, -0.25) is 24.1 Å². The number of hydrogen-bond acceptors (Lipinski definition) is 7. The largest absolute Gasteiger partial charge is 0.484 e. The van der Waals surface area contributed by atoms with Crippen molar-refractivity contribution in [3.8, 4) is 5.75 Å². The lowest BCUT2D eigenvalue weighted by Crippen LogP contribution is -2.46. The van der Waals surface area contributed by atoms with Crippen molar-refractivity contribution in [3.63, 3.8) is 0 Å². The minimum atomic E-state index is -0.491. The lowest BCUT2D eigenvalue weighted by Gasteiger charge is -2.28. The second-order valence-corrected chi connectivity index (χ2v) is 9.46. The zero-order valence-corrected chi connectivity index (χ0v) is 20.9. The molecule has 188 valence electrons. The second kappa shape index (κ2) is 11.4. The van der Waals surface area contributed by atoms with E-state index in [1.54, 1.807) is 35.2 Å². The van der Waals surface area contributed by atoms with Crippen molar-refractivity contribution in [3.05, 3.63) is 64.1 Å². The minimum Gasteiger partial charge on any atom is -0.484 e. The first-order valence-electron chi connectivity index (χ1n) is 11.5. The Balaban J connectivity index is 1.30. The van der Waals surface area contributed by atoms with E-state index >= 15 is 0 Å². The van der Waals surface area contributed by atoms with Crippen molar-refractivity contribution in [2.75, 3.05) is 44.8 Å². The van der Waals surface area contributed by atoms with Gasteiger partial charge in [0.2, 0.25) is 5.91 Å². The number of hydrogen-bond donors (Lipinski definition) is 1. The Morgan fingerprint density at radius 3 is 2.47 bits per heavy atom. The highest BCUT2D eigenvalue weighted by atomic mass is 32.2. The van der Waals surface area contributed by atoms with Crippen molar-refractivity contribution in [2.45, 2.75) is 13.8 Å². The van der Waals surface area contributed by atoms with E-state index in [9.17, 15) is 19.2 Å². The van der Waals surface area contributed by atoms with Gasteiger partial charge in [0.05, 0.1) is 18.1 Å². The molecule has 0 aromatic heterocycles. The van der Waals surface area contributed by atoms with Gasteiger partial charge in [0.1, 0.15) is 12.3 Å². The summed E-state index contributed by atoms with van der Waals surface area (Å²) in [5.41, 5.74) is 3.64. The summed E-state index contributed by atoms with van der Waals surface area (Å²) in [5, 5.41) is 2.33. The maximum Gasteiger partial charge on any atom is 0.294 e. The maximum atomic E-state index is 12.7. The molecule has 9 nitrogen and oxygen atoms in total. The number of benzene rings is 2. The topological polar surface area (TPSA) is 105 Å². The summed E-state index contributed by atoms with van der Waals surface area (Å²) in [6.07, 6.45) is 1.60. The van der Waals surface area contributed by atoms with E-state index in [1.165, 1.54) is 0 Å². The molecule has 2 heterocycles. The van der Waals surface area contributed by atoms with Gasteiger partial charge in [0, 0.05) is 18.8 Å². The standard InChI is InChI=1S/C26H27N3O6S/c1-17-3-6-20(13-18(17)2)27-23(30)16-35-21-7-4-19(5-8-21)14-22-25(32)29(26(33)36-22)15-24(31)28-9-11-34-12-10-28/h3-8,13-14H,9-12,15-16H2,1-2H3,(H,27,30)/b22-14-. The maximum absolute atomic E-state index is 12.7. The van der Waals surface area contributed by atoms with Gasteiger partial charge < -0.3 is 19.7 Å². The fourth-order valence-corrected chi connectivity index (χ4v) is 4.50. The number of morpholine rings is 1. The monoisotopic (exact) mass is 509 g/mol. The van der Waals surface area contributed by atoms with Crippen molar-refractivity contribution < 1.29 is 28.7 Å². The molecule has 0 spiro atoms. The fourth-order valence-electron chi connectivity index (χ4n) is 3.66. The number of thioether (sulfide) groups is 1. The molecule has 0 atom stereocenters. The highest BCUT2D eigenvalue weighted by Gasteiger charge is 2.37. The summed E-state index contributed by atoms with van der Waals surface area (Å²) in [5.74, 6) is -0.547. The molecule has 2 fully saturated rings. The Kier molecular flexibility index (Phi) is 8.07. The predicted octanol–water partition coefficient (Wildman–Crippen LogP) is 3.22. The molecule has 10 heteroatoms. The summed E-state index contributed by atoms with van der Waals surface area (Å²) < 4.78 is 10.8. The van der Waals surface area contributed by atoms with Crippen molar-refractivity contribution in [2.24, 2.45) is 0 Å². The molecule has 2 aliphatic heterocycles. The molecular formula is C26H27N3O6S. The number of anilines is 1. The molecule has 1 N–H and O–H groups in total. The van der Waals surface area contributed by atoms with Gasteiger partial charge in [-0.1, -0.05) is 18.2 Å². The van der Waals surface area contributed by atoms with E-state index in [1.807, 2.05) is 32.0 Å². The number of ether oxygens (including phenoxy) is 2. The molecule has 4 rings (SSSR count). The van der Waals surface area contributed by atoms with Gasteiger partial charge in [0.15, 0.2) is 6.61 Å². The van der Waals surface area contributed by atoms with Gasteiger partial charge >= 0.3 is 0 Å². The average molecular weight is 510 g/mol. The van der Waals surface area contributed by atoms with Crippen molar-refractivity contribution >= 4 is 46.5 Å². The molecule has 36 heavy (non-hydrogen) atoms. The quantitative estimate of drug-likeness (QED) is 0.572. The number of carbonyl (C=O) groups is 4. The predicted molar refractivity (Wildman–Crippen MR) is 137 cm³/mol. The van der Waals surface area contributed by atoms with Crippen LogP contribution in [0.4, 0.5) is 10.5 Å². The summed E-state index contributed by atoms with van der Waals surface area (Å²) in [6.45, 7) is 5.36. The SMILES string of the molecule is Cc1ccc(NC(=O)COc2ccc(/C=C3\SC(=O)N(CC(=O)N4CCOCC4)C3=O)cc2)cc1C. The van der Waals surface area contributed by atoms with Crippen LogP contribution in [-0.4, -0.2) is 72.2 Å². The number of amides is 4. The molecule has 0 unspecified atom stereocenters. The normalized spacial score (nSPS) is 17.0. The fraction of sp³-hybridized carbons (Fsp3) is 0.308. The Hall–Kier alpha value is -3.63. The third kappa shape index (κ3) is 6.32. The summed E-state index contributed by atoms with van der Waals surface area (Å²) in [4.78, 5) is 52.5. The Morgan fingerprint density at radius 2 is 1.78 bits per heavy atom. The van der Waals surface area contributed by atoms with E-state index in [0.29, 0.717) is 43.3 Å². The second-order valence-electron chi connectivity index (χ2n) is 8.47. The Labute approximate surface area is 213 Å². The Morgan fingerprint density at radius 1 is 1.06 bits per heavy atom. The van der Waals surface area contributed by atoms with Crippen LogP contribution in [0.3, 0.4) is 0 Å². The molecule has 0 radical (unpaired) electrons. The van der Waals surface area contributed by atoms with Crippen molar-refractivity contribution in [1.82, 2.24) is 9.80 Å². The number of imide groups is 1. The van der Waals surface area contributed by atoms with Crippen LogP contribution in [0.2, 0.25) is 0 Å². The van der Waals surface area contributed by atoms with Gasteiger partial charge in [-0.15, -0.1) is 0 Å². The van der Waals surface area contributed by atoms with Crippen LogP contribution in [-0.2, 0) is 19.1 Å². The van der Waals surface area contributed by atoms with Gasteiger partial charge in [-0.05, 0) is 72.6 Å². The molecular weight excluding hydrogens is 482 g/mol. The highest BCUT2D eigenvalue weighted by molar-refractivity contribution is 8.18. The molecule has 2 aromatic carbocycles. The smallest absolute Gasteiger partial charge is 0.294 e. The van der Waals surface area contributed by atoms with Crippen LogP contribution in [0.1, 0.15) is 16.7 Å². The zero-order chi connectivity index (χ0) is 25.7. The van der Waals surface area contributed by atoms with E-state index < -0.39 is 11.1 Å². The molecule has 0 saturated carbocycles. The van der Waals surface area contributed by atoms with Gasteiger partial charge in [-0.25, -0.2) is 0 Å². The highest BCUT2D eigenvalue weighted by Crippen LogP contribution is 2.32.